The van der Waals surface area contributed by atoms with Crippen LogP contribution in [0.5, 0.6) is 0 Å². The summed E-state index contributed by atoms with van der Waals surface area (Å²) in [7, 11) is 0. The van der Waals surface area contributed by atoms with Crippen LogP contribution in [0.25, 0.3) is 21.5 Å². The Morgan fingerprint density at radius 1 is 0.578 bits per heavy atom. The molecule has 0 unspecified atom stereocenters. The van der Waals surface area contributed by atoms with Crippen LogP contribution in [0.1, 0.15) is 47.9 Å². The van der Waals surface area contributed by atoms with Crippen LogP contribution >= 0.6 is 0 Å². The number of nitrogens with zero attached hydrogens (tertiary/aromatic N) is 3. The fourth-order valence-corrected chi connectivity index (χ4v) is 6.67. The molecule has 3 aliphatic heterocycles. The van der Waals surface area contributed by atoms with Crippen molar-refractivity contribution in [2.45, 2.75) is 6.42 Å². The lowest BCUT2D eigenvalue weighted by Gasteiger charge is -2.32. The van der Waals surface area contributed by atoms with Gasteiger partial charge >= 0.3 is 0 Å². The summed E-state index contributed by atoms with van der Waals surface area (Å²) in [4.78, 5) is 57.8. The van der Waals surface area contributed by atoms with E-state index in [1.165, 1.54) is 9.80 Å². The highest BCUT2D eigenvalue weighted by Crippen LogP contribution is 2.36. The Bertz CT molecular complexity index is 1760. The number of anilines is 1. The minimum atomic E-state index is -0.263. The average molecular weight is 606 g/mol. The molecule has 0 saturated carbocycles. The van der Waals surface area contributed by atoms with E-state index in [4.69, 9.17) is 4.74 Å². The quantitative estimate of drug-likeness (QED) is 0.198. The summed E-state index contributed by atoms with van der Waals surface area (Å²) in [5.41, 5.74) is 3.28. The largest absolute Gasteiger partial charge is 0.378 e. The maximum Gasteiger partial charge on any atom is 0.261 e. The SMILES string of the molecule is O=C1c2cccc3cccc(c23)C(=O)N1CCNCCCNCCN1C(=O)c2cccc3c(N4CCOCC4)ccc(c23)C1=O. The third kappa shape index (κ3) is 5.24. The minimum absolute atomic E-state index is 0.258. The second kappa shape index (κ2) is 12.4. The first kappa shape index (κ1) is 29.1. The van der Waals surface area contributed by atoms with Crippen LogP contribution in [0.3, 0.4) is 0 Å². The molecular formula is C35H35N5O5. The molecule has 4 amide bonds. The third-order valence-electron chi connectivity index (χ3n) is 8.91. The fourth-order valence-electron chi connectivity index (χ4n) is 6.67. The molecule has 0 spiro atoms. The highest BCUT2D eigenvalue weighted by molar-refractivity contribution is 6.27. The summed E-state index contributed by atoms with van der Waals surface area (Å²) in [5, 5.41) is 9.93. The number of carbonyl (C=O) groups excluding carboxylic acids is 4. The molecule has 7 rings (SSSR count). The Morgan fingerprint density at radius 3 is 1.67 bits per heavy atom. The van der Waals surface area contributed by atoms with E-state index >= 15 is 0 Å². The van der Waals surface area contributed by atoms with Crippen LogP contribution in [0.15, 0.2) is 66.7 Å². The lowest BCUT2D eigenvalue weighted by Crippen LogP contribution is -2.44. The van der Waals surface area contributed by atoms with Gasteiger partial charge in [-0.1, -0.05) is 36.4 Å². The standard InChI is InChI=1S/C35H35N5O5/c41-32-25-8-1-5-23-6-2-9-26(30(23)25)33(42)39(32)17-15-36-13-4-14-37-16-18-40-34(43)27-10-3-7-24-29(38-19-21-45-22-20-38)12-11-28(31(24)27)35(40)44/h1-3,5-12,36-37H,4,13-22H2. The number of morpholine rings is 1. The molecular weight excluding hydrogens is 570 g/mol. The maximum atomic E-state index is 13.4. The number of imide groups is 2. The van der Waals surface area contributed by atoms with Gasteiger partial charge in [-0.3, -0.25) is 29.0 Å². The van der Waals surface area contributed by atoms with Gasteiger partial charge in [0.05, 0.1) is 13.2 Å². The molecule has 10 heteroatoms. The number of hydrogen-bond acceptors (Lipinski definition) is 8. The second-order valence-electron chi connectivity index (χ2n) is 11.5. The predicted octanol–water partition coefficient (Wildman–Crippen LogP) is 3.29. The van der Waals surface area contributed by atoms with Gasteiger partial charge in [0.15, 0.2) is 0 Å². The summed E-state index contributed by atoms with van der Waals surface area (Å²) in [6.45, 7) is 5.79. The van der Waals surface area contributed by atoms with Gasteiger partial charge in [0.25, 0.3) is 23.6 Å². The van der Waals surface area contributed by atoms with E-state index < -0.39 is 0 Å². The number of amides is 4. The van der Waals surface area contributed by atoms with Crippen LogP contribution in [-0.4, -0.2) is 99.0 Å². The van der Waals surface area contributed by atoms with Crippen molar-refractivity contribution >= 4 is 50.9 Å². The van der Waals surface area contributed by atoms with E-state index in [-0.39, 0.29) is 36.7 Å². The highest BCUT2D eigenvalue weighted by Gasteiger charge is 2.34. The molecule has 1 saturated heterocycles. The Morgan fingerprint density at radius 2 is 1.09 bits per heavy atom. The normalized spacial score (nSPS) is 16.4. The van der Waals surface area contributed by atoms with Crippen molar-refractivity contribution in [2.75, 3.05) is 70.5 Å². The number of benzene rings is 4. The highest BCUT2D eigenvalue weighted by atomic mass is 16.5. The van der Waals surface area contributed by atoms with Crippen LogP contribution in [0, 0.1) is 0 Å². The van der Waals surface area contributed by atoms with Crippen molar-refractivity contribution < 1.29 is 23.9 Å². The lowest BCUT2D eigenvalue weighted by molar-refractivity contribution is 0.0597. The predicted molar refractivity (Wildman–Crippen MR) is 172 cm³/mol. The zero-order valence-corrected chi connectivity index (χ0v) is 25.0. The molecule has 1 fully saturated rings. The molecule has 3 aliphatic rings. The molecule has 2 N–H and O–H groups in total. The van der Waals surface area contributed by atoms with Crippen molar-refractivity contribution in [3.8, 4) is 0 Å². The maximum absolute atomic E-state index is 13.4. The van der Waals surface area contributed by atoms with E-state index in [2.05, 4.69) is 15.5 Å². The second-order valence-corrected chi connectivity index (χ2v) is 11.5. The van der Waals surface area contributed by atoms with Crippen LogP contribution in [0.4, 0.5) is 5.69 Å². The Hall–Kier alpha value is -4.64. The molecule has 0 radical (unpaired) electrons. The molecule has 4 aromatic rings. The topological polar surface area (TPSA) is 111 Å². The zero-order valence-electron chi connectivity index (χ0n) is 25.0. The van der Waals surface area contributed by atoms with Crippen LogP contribution in [0.2, 0.25) is 0 Å². The van der Waals surface area contributed by atoms with Gasteiger partial charge in [0.2, 0.25) is 0 Å². The smallest absolute Gasteiger partial charge is 0.261 e. The average Bonchev–Trinajstić information content (AvgIpc) is 3.08. The van der Waals surface area contributed by atoms with Gasteiger partial charge in [-0.15, -0.1) is 0 Å². The monoisotopic (exact) mass is 605 g/mol. The summed E-state index contributed by atoms with van der Waals surface area (Å²) < 4.78 is 5.50. The van der Waals surface area contributed by atoms with Gasteiger partial charge in [-0.05, 0) is 55.2 Å². The van der Waals surface area contributed by atoms with Crippen molar-refractivity contribution in [2.24, 2.45) is 0 Å². The summed E-state index contributed by atoms with van der Waals surface area (Å²) in [6, 6.07) is 20.6. The van der Waals surface area contributed by atoms with Crippen molar-refractivity contribution in [1.82, 2.24) is 20.4 Å². The van der Waals surface area contributed by atoms with E-state index in [1.807, 2.05) is 48.5 Å². The van der Waals surface area contributed by atoms with Gasteiger partial charge in [-0.25, -0.2) is 0 Å². The Labute approximate surface area is 260 Å². The number of carbonyl (C=O) groups is 4. The first-order valence-corrected chi connectivity index (χ1v) is 15.6. The summed E-state index contributed by atoms with van der Waals surface area (Å²) in [6.07, 6.45) is 0.804. The van der Waals surface area contributed by atoms with E-state index in [1.54, 1.807) is 18.2 Å². The van der Waals surface area contributed by atoms with Crippen molar-refractivity contribution in [1.29, 1.82) is 0 Å². The van der Waals surface area contributed by atoms with Crippen LogP contribution in [-0.2, 0) is 4.74 Å². The lowest BCUT2D eigenvalue weighted by atomic mass is 9.92. The van der Waals surface area contributed by atoms with Gasteiger partial charge in [0.1, 0.15) is 0 Å². The molecule has 4 aromatic carbocycles. The molecule has 230 valence electrons. The summed E-state index contributed by atoms with van der Waals surface area (Å²) >= 11 is 0. The van der Waals surface area contributed by atoms with Crippen LogP contribution < -0.4 is 15.5 Å². The molecule has 10 nitrogen and oxygen atoms in total. The van der Waals surface area contributed by atoms with Gasteiger partial charge < -0.3 is 20.3 Å². The van der Waals surface area contributed by atoms with E-state index in [9.17, 15) is 19.2 Å². The minimum Gasteiger partial charge on any atom is -0.378 e. The van der Waals surface area contributed by atoms with Crippen molar-refractivity contribution in [3.05, 3.63) is 89.0 Å². The number of ether oxygens (including phenoxy) is 1. The summed E-state index contributed by atoms with van der Waals surface area (Å²) in [5.74, 6) is -1.04. The van der Waals surface area contributed by atoms with Gasteiger partial charge in [-0.2, -0.15) is 0 Å². The zero-order chi connectivity index (χ0) is 30.9. The number of hydrogen-bond donors (Lipinski definition) is 2. The number of nitrogens with one attached hydrogen (secondary N) is 2. The molecule has 0 atom stereocenters. The fraction of sp³-hybridized carbons (Fsp3) is 0.314. The Balaban J connectivity index is 0.874. The molecule has 3 heterocycles. The molecule has 0 aromatic heterocycles. The first-order chi connectivity index (χ1) is 22.0. The molecule has 0 bridgehead atoms. The number of rotatable bonds is 11. The van der Waals surface area contributed by atoms with Gasteiger partial charge in [0, 0.05) is 83.4 Å². The van der Waals surface area contributed by atoms with E-state index in [0.717, 1.165) is 46.7 Å². The van der Waals surface area contributed by atoms with Crippen molar-refractivity contribution in [3.63, 3.8) is 0 Å². The third-order valence-corrected chi connectivity index (χ3v) is 8.91. The molecule has 0 aliphatic carbocycles. The molecule has 45 heavy (non-hydrogen) atoms. The Kier molecular flexibility index (Phi) is 8.01. The van der Waals surface area contributed by atoms with E-state index in [0.29, 0.717) is 61.6 Å². The first-order valence-electron chi connectivity index (χ1n) is 15.6.